The first-order valence-corrected chi connectivity index (χ1v) is 7.33. The highest BCUT2D eigenvalue weighted by Gasteiger charge is 2.32. The van der Waals surface area contributed by atoms with E-state index in [1.54, 1.807) is 12.1 Å². The van der Waals surface area contributed by atoms with E-state index < -0.39 is 9.84 Å². The van der Waals surface area contributed by atoms with Crippen molar-refractivity contribution in [1.82, 2.24) is 19.8 Å². The Bertz CT molecular complexity index is 681. The minimum atomic E-state index is -2.94. The molecule has 1 fully saturated rings. The van der Waals surface area contributed by atoms with E-state index in [1.807, 2.05) is 0 Å². The first-order chi connectivity index (χ1) is 8.05. The lowest BCUT2D eigenvalue weighted by Crippen LogP contribution is -2.08. The maximum Gasteiger partial charge on any atom is 0.178 e. The molecule has 0 saturated carbocycles. The van der Waals surface area contributed by atoms with Crippen LogP contribution in [-0.4, -0.2) is 39.7 Å². The molecule has 1 unspecified atom stereocenters. The van der Waals surface area contributed by atoms with Crippen molar-refractivity contribution in [2.75, 3.05) is 11.5 Å². The van der Waals surface area contributed by atoms with Gasteiger partial charge in [0.05, 0.1) is 11.5 Å². The fourth-order valence-electron chi connectivity index (χ4n) is 2.04. The molecule has 0 aromatic carbocycles. The van der Waals surface area contributed by atoms with Crippen molar-refractivity contribution in [3.8, 4) is 0 Å². The van der Waals surface area contributed by atoms with Gasteiger partial charge in [0.1, 0.15) is 5.15 Å². The Kier molecular flexibility index (Phi) is 2.34. The number of fused-ring (bicyclic) bond motifs is 1. The van der Waals surface area contributed by atoms with Gasteiger partial charge in [-0.3, -0.25) is 0 Å². The summed E-state index contributed by atoms with van der Waals surface area (Å²) in [5, 5.41) is 12.4. The highest BCUT2D eigenvalue weighted by atomic mass is 35.5. The van der Waals surface area contributed by atoms with Crippen LogP contribution in [0.3, 0.4) is 0 Å². The minimum Gasteiger partial charge on any atom is -0.229 e. The van der Waals surface area contributed by atoms with Gasteiger partial charge in [-0.1, -0.05) is 11.6 Å². The van der Waals surface area contributed by atoms with Crippen molar-refractivity contribution in [1.29, 1.82) is 0 Å². The molecule has 1 saturated heterocycles. The molecule has 2 aromatic rings. The second-order valence-electron chi connectivity index (χ2n) is 4.08. The number of halogens is 1. The zero-order chi connectivity index (χ0) is 12.0. The molecule has 0 aliphatic carbocycles. The Morgan fingerprint density at radius 1 is 1.35 bits per heavy atom. The normalized spacial score (nSPS) is 23.2. The van der Waals surface area contributed by atoms with Crippen LogP contribution < -0.4 is 0 Å². The smallest absolute Gasteiger partial charge is 0.178 e. The van der Waals surface area contributed by atoms with E-state index in [-0.39, 0.29) is 17.4 Å². The fraction of sp³-hybridized carbons (Fsp3) is 0.444. The first-order valence-electron chi connectivity index (χ1n) is 5.13. The average molecular weight is 273 g/mol. The van der Waals surface area contributed by atoms with E-state index in [1.165, 1.54) is 4.52 Å². The van der Waals surface area contributed by atoms with Crippen LogP contribution in [0.2, 0.25) is 5.15 Å². The summed E-state index contributed by atoms with van der Waals surface area (Å²) >= 11 is 5.80. The number of aromatic nitrogens is 4. The molecule has 8 heteroatoms. The molecule has 0 amide bonds. The summed E-state index contributed by atoms with van der Waals surface area (Å²) in [6.07, 6.45) is 0.567. The van der Waals surface area contributed by atoms with E-state index >= 15 is 0 Å². The third-order valence-corrected chi connectivity index (χ3v) is 4.82. The fourth-order valence-corrected chi connectivity index (χ4v) is 3.91. The van der Waals surface area contributed by atoms with Crippen LogP contribution in [-0.2, 0) is 9.84 Å². The molecule has 3 heterocycles. The number of nitrogens with zero attached hydrogens (tertiary/aromatic N) is 4. The van der Waals surface area contributed by atoms with E-state index in [0.717, 1.165) is 0 Å². The molecule has 1 aliphatic heterocycles. The summed E-state index contributed by atoms with van der Waals surface area (Å²) < 4.78 is 24.4. The lowest BCUT2D eigenvalue weighted by molar-refractivity contribution is 0.600. The van der Waals surface area contributed by atoms with Crippen LogP contribution in [0.5, 0.6) is 0 Å². The maximum absolute atomic E-state index is 11.4. The Morgan fingerprint density at radius 2 is 2.18 bits per heavy atom. The molecule has 0 bridgehead atoms. The number of hydrogen-bond acceptors (Lipinski definition) is 5. The molecule has 1 aliphatic rings. The van der Waals surface area contributed by atoms with Crippen molar-refractivity contribution >= 4 is 27.1 Å². The maximum atomic E-state index is 11.4. The summed E-state index contributed by atoms with van der Waals surface area (Å²) in [5.41, 5.74) is 0.577. The van der Waals surface area contributed by atoms with Gasteiger partial charge in [-0.05, 0) is 18.6 Å². The predicted molar refractivity (Wildman–Crippen MR) is 61.8 cm³/mol. The van der Waals surface area contributed by atoms with Gasteiger partial charge in [-0.15, -0.1) is 10.2 Å². The van der Waals surface area contributed by atoms with Crippen LogP contribution >= 0.6 is 11.6 Å². The molecule has 0 spiro atoms. The van der Waals surface area contributed by atoms with Crippen LogP contribution in [0.25, 0.3) is 5.65 Å². The Hall–Kier alpha value is -1.21. The second-order valence-corrected chi connectivity index (χ2v) is 6.70. The molecule has 6 nitrogen and oxygen atoms in total. The van der Waals surface area contributed by atoms with Crippen LogP contribution in [0.4, 0.5) is 0 Å². The number of hydrogen-bond donors (Lipinski definition) is 0. The molecule has 0 radical (unpaired) electrons. The summed E-state index contributed by atoms with van der Waals surface area (Å²) in [6.45, 7) is 0. The lowest BCUT2D eigenvalue weighted by Gasteiger charge is -2.04. The Labute approximate surface area is 103 Å². The van der Waals surface area contributed by atoms with E-state index in [4.69, 9.17) is 11.6 Å². The summed E-state index contributed by atoms with van der Waals surface area (Å²) in [6, 6.07) is 3.33. The largest absolute Gasteiger partial charge is 0.229 e. The van der Waals surface area contributed by atoms with Crippen LogP contribution in [0.1, 0.15) is 18.2 Å². The van der Waals surface area contributed by atoms with Gasteiger partial charge in [0.2, 0.25) is 0 Å². The zero-order valence-electron chi connectivity index (χ0n) is 8.74. The standard InChI is InChI=1S/C9H9ClN4O2S/c10-7-1-2-8-11-12-9(14(8)13-7)6-3-4-17(15,16)5-6/h1-2,6H,3-5H2. The van der Waals surface area contributed by atoms with Gasteiger partial charge in [0, 0.05) is 5.92 Å². The molecule has 17 heavy (non-hydrogen) atoms. The molecule has 0 N–H and O–H groups in total. The monoisotopic (exact) mass is 272 g/mol. The third-order valence-electron chi connectivity index (χ3n) is 2.85. The molecule has 2 aromatic heterocycles. The highest BCUT2D eigenvalue weighted by molar-refractivity contribution is 7.91. The number of sulfone groups is 1. The van der Waals surface area contributed by atoms with Gasteiger partial charge in [-0.2, -0.15) is 9.61 Å². The average Bonchev–Trinajstić information content (AvgIpc) is 2.81. The van der Waals surface area contributed by atoms with Gasteiger partial charge in [0.25, 0.3) is 0 Å². The van der Waals surface area contributed by atoms with Gasteiger partial charge in [-0.25, -0.2) is 8.42 Å². The first kappa shape index (κ1) is 10.9. The molecular formula is C9H9ClN4O2S. The van der Waals surface area contributed by atoms with Crippen molar-refractivity contribution in [2.45, 2.75) is 12.3 Å². The SMILES string of the molecule is O=S1(=O)CCC(c2nnc3ccc(Cl)nn23)C1. The van der Waals surface area contributed by atoms with Gasteiger partial charge in [0.15, 0.2) is 21.3 Å². The quantitative estimate of drug-likeness (QED) is 0.763. The van der Waals surface area contributed by atoms with Crippen molar-refractivity contribution < 1.29 is 8.42 Å². The van der Waals surface area contributed by atoms with Crippen molar-refractivity contribution in [3.05, 3.63) is 23.1 Å². The topological polar surface area (TPSA) is 77.2 Å². The molecular weight excluding hydrogens is 264 g/mol. The van der Waals surface area contributed by atoms with E-state index in [0.29, 0.717) is 23.0 Å². The molecule has 1 atom stereocenters. The van der Waals surface area contributed by atoms with Gasteiger partial charge < -0.3 is 0 Å². The number of rotatable bonds is 1. The zero-order valence-corrected chi connectivity index (χ0v) is 10.3. The lowest BCUT2D eigenvalue weighted by atomic mass is 10.1. The Balaban J connectivity index is 2.09. The summed E-state index contributed by atoms with van der Waals surface area (Å²) in [5.74, 6) is 0.749. The Morgan fingerprint density at radius 3 is 2.88 bits per heavy atom. The minimum absolute atomic E-state index is 0.113. The molecule has 3 rings (SSSR count). The van der Waals surface area contributed by atoms with Crippen LogP contribution in [0.15, 0.2) is 12.1 Å². The highest BCUT2D eigenvalue weighted by Crippen LogP contribution is 2.27. The summed E-state index contributed by atoms with van der Waals surface area (Å²) in [7, 11) is -2.94. The van der Waals surface area contributed by atoms with E-state index in [9.17, 15) is 8.42 Å². The van der Waals surface area contributed by atoms with E-state index in [2.05, 4.69) is 15.3 Å². The second kappa shape index (κ2) is 3.64. The van der Waals surface area contributed by atoms with Crippen LogP contribution in [0, 0.1) is 0 Å². The summed E-state index contributed by atoms with van der Waals surface area (Å²) in [4.78, 5) is 0. The van der Waals surface area contributed by atoms with Crippen molar-refractivity contribution in [2.24, 2.45) is 0 Å². The molecule has 90 valence electrons. The van der Waals surface area contributed by atoms with Crippen molar-refractivity contribution in [3.63, 3.8) is 0 Å². The van der Waals surface area contributed by atoms with Gasteiger partial charge >= 0.3 is 0 Å². The predicted octanol–water partition coefficient (Wildman–Crippen LogP) is 0.680. The third kappa shape index (κ3) is 1.89.